The van der Waals surface area contributed by atoms with Crippen LogP contribution in [0.25, 0.3) is 0 Å². The molecule has 0 radical (unpaired) electrons. The summed E-state index contributed by atoms with van der Waals surface area (Å²) in [4.78, 5) is 24.0. The van der Waals surface area contributed by atoms with Crippen LogP contribution in [0.4, 0.5) is 0 Å². The van der Waals surface area contributed by atoms with Crippen molar-refractivity contribution in [2.75, 3.05) is 0 Å². The number of nitrogens with zero attached hydrogens (tertiary/aromatic N) is 3. The molecule has 0 aliphatic heterocycles. The fraction of sp³-hybridized carbons (Fsp3) is 0.167. The van der Waals surface area contributed by atoms with Crippen molar-refractivity contribution in [1.82, 2.24) is 20.3 Å². The average Bonchev–Trinajstić information content (AvgIpc) is 2.40. The van der Waals surface area contributed by atoms with Crippen LogP contribution in [0.1, 0.15) is 21.9 Å². The van der Waals surface area contributed by atoms with Gasteiger partial charge in [-0.25, -0.2) is 4.98 Å². The summed E-state index contributed by atoms with van der Waals surface area (Å²) in [5.41, 5.74) is 1.56. The van der Waals surface area contributed by atoms with E-state index in [2.05, 4.69) is 20.3 Å². The Morgan fingerprint density at radius 1 is 1.26 bits per heavy atom. The van der Waals surface area contributed by atoms with Crippen LogP contribution in [-0.2, 0) is 6.54 Å². The number of pyridine rings is 1. The van der Waals surface area contributed by atoms with Crippen LogP contribution in [0.15, 0.2) is 24.5 Å². The predicted octanol–water partition coefficient (Wildman–Crippen LogP) is 2.42. The third-order valence-electron chi connectivity index (χ3n) is 2.29. The number of nitrogens with one attached hydrogen (secondary N) is 1. The van der Waals surface area contributed by atoms with E-state index < -0.39 is 5.91 Å². The van der Waals surface area contributed by atoms with E-state index in [1.807, 2.05) is 6.92 Å². The Bertz CT molecular complexity index is 601. The van der Waals surface area contributed by atoms with Crippen molar-refractivity contribution in [2.24, 2.45) is 0 Å². The van der Waals surface area contributed by atoms with E-state index in [0.29, 0.717) is 5.69 Å². The minimum absolute atomic E-state index is 0.0919. The third-order valence-corrected chi connectivity index (χ3v) is 2.81. The lowest BCUT2D eigenvalue weighted by atomic mass is 10.3. The van der Waals surface area contributed by atoms with Gasteiger partial charge in [0.2, 0.25) is 0 Å². The molecule has 0 bridgehead atoms. The number of rotatable bonds is 3. The van der Waals surface area contributed by atoms with Gasteiger partial charge in [0, 0.05) is 6.20 Å². The SMILES string of the molecule is Cc1cnc(CNC(=O)c2nc(Cl)ccc2Cl)cn1. The summed E-state index contributed by atoms with van der Waals surface area (Å²) >= 11 is 11.6. The second kappa shape index (κ2) is 5.95. The highest BCUT2D eigenvalue weighted by Crippen LogP contribution is 2.16. The topological polar surface area (TPSA) is 67.8 Å². The van der Waals surface area contributed by atoms with Crippen LogP contribution in [-0.4, -0.2) is 20.9 Å². The molecule has 7 heteroatoms. The van der Waals surface area contributed by atoms with Crippen molar-refractivity contribution in [3.63, 3.8) is 0 Å². The number of carbonyl (C=O) groups excluding carboxylic acids is 1. The summed E-state index contributed by atoms with van der Waals surface area (Å²) in [6, 6.07) is 3.05. The summed E-state index contributed by atoms with van der Waals surface area (Å²) in [5, 5.41) is 3.12. The van der Waals surface area contributed by atoms with Gasteiger partial charge in [-0.3, -0.25) is 14.8 Å². The molecular weight excluding hydrogens is 287 g/mol. The maximum Gasteiger partial charge on any atom is 0.271 e. The number of amides is 1. The smallest absolute Gasteiger partial charge is 0.271 e. The molecule has 1 N–H and O–H groups in total. The number of hydrogen-bond acceptors (Lipinski definition) is 4. The number of halogens is 2. The van der Waals surface area contributed by atoms with Crippen molar-refractivity contribution in [2.45, 2.75) is 13.5 Å². The molecule has 1 amide bonds. The van der Waals surface area contributed by atoms with Gasteiger partial charge in [-0.1, -0.05) is 23.2 Å². The Morgan fingerprint density at radius 3 is 2.74 bits per heavy atom. The van der Waals surface area contributed by atoms with Gasteiger partial charge in [-0.2, -0.15) is 0 Å². The van der Waals surface area contributed by atoms with E-state index in [1.54, 1.807) is 12.4 Å². The molecule has 0 fully saturated rings. The van der Waals surface area contributed by atoms with E-state index in [9.17, 15) is 4.79 Å². The highest BCUT2D eigenvalue weighted by molar-refractivity contribution is 6.34. The summed E-state index contributed by atoms with van der Waals surface area (Å²) < 4.78 is 0. The van der Waals surface area contributed by atoms with Crippen LogP contribution in [0, 0.1) is 6.92 Å². The van der Waals surface area contributed by atoms with Gasteiger partial charge in [-0.15, -0.1) is 0 Å². The highest BCUT2D eigenvalue weighted by Gasteiger charge is 2.12. The van der Waals surface area contributed by atoms with Crippen LogP contribution in [0.5, 0.6) is 0 Å². The molecule has 5 nitrogen and oxygen atoms in total. The summed E-state index contributed by atoms with van der Waals surface area (Å²) in [5.74, 6) is -0.408. The lowest BCUT2D eigenvalue weighted by Gasteiger charge is -2.06. The van der Waals surface area contributed by atoms with Gasteiger partial charge in [0.05, 0.1) is 29.2 Å². The molecule has 2 rings (SSSR count). The molecule has 0 aliphatic rings. The molecule has 98 valence electrons. The molecule has 0 saturated carbocycles. The molecule has 19 heavy (non-hydrogen) atoms. The van der Waals surface area contributed by atoms with Crippen molar-refractivity contribution in [3.8, 4) is 0 Å². The maximum absolute atomic E-state index is 11.9. The molecule has 0 atom stereocenters. The van der Waals surface area contributed by atoms with Crippen molar-refractivity contribution >= 4 is 29.1 Å². The first kappa shape index (κ1) is 13.7. The van der Waals surface area contributed by atoms with Gasteiger partial charge in [-0.05, 0) is 19.1 Å². The van der Waals surface area contributed by atoms with E-state index in [4.69, 9.17) is 23.2 Å². The molecule has 0 saturated heterocycles. The lowest BCUT2D eigenvalue weighted by Crippen LogP contribution is -2.24. The van der Waals surface area contributed by atoms with Gasteiger partial charge in [0.25, 0.3) is 5.91 Å². The number of aryl methyl sites for hydroxylation is 1. The monoisotopic (exact) mass is 296 g/mol. The molecule has 2 aromatic rings. The van der Waals surface area contributed by atoms with Crippen LogP contribution < -0.4 is 5.32 Å². The zero-order valence-electron chi connectivity index (χ0n) is 10.0. The molecule has 0 spiro atoms. The van der Waals surface area contributed by atoms with Gasteiger partial charge in [0.1, 0.15) is 10.8 Å². The molecule has 2 aromatic heterocycles. The lowest BCUT2D eigenvalue weighted by molar-refractivity contribution is 0.0945. The van der Waals surface area contributed by atoms with Crippen LogP contribution in [0.2, 0.25) is 10.2 Å². The maximum atomic E-state index is 11.9. The first-order valence-electron chi connectivity index (χ1n) is 5.44. The number of carbonyl (C=O) groups is 1. The Kier molecular flexibility index (Phi) is 4.29. The fourth-order valence-corrected chi connectivity index (χ4v) is 1.68. The second-order valence-corrected chi connectivity index (χ2v) is 4.59. The standard InChI is InChI=1S/C12H10Cl2N4O/c1-7-4-16-8(5-15-7)6-17-12(19)11-9(13)2-3-10(14)18-11/h2-5H,6H2,1H3,(H,17,19). The fourth-order valence-electron chi connectivity index (χ4n) is 1.34. The summed E-state index contributed by atoms with van der Waals surface area (Å²) in [6.07, 6.45) is 3.23. The third kappa shape index (κ3) is 3.62. The van der Waals surface area contributed by atoms with E-state index >= 15 is 0 Å². The van der Waals surface area contributed by atoms with E-state index in [0.717, 1.165) is 5.69 Å². The zero-order valence-corrected chi connectivity index (χ0v) is 11.5. The van der Waals surface area contributed by atoms with Gasteiger partial charge in [0.15, 0.2) is 0 Å². The number of aromatic nitrogens is 3. The van der Waals surface area contributed by atoms with Crippen molar-refractivity contribution in [1.29, 1.82) is 0 Å². The Labute approximate surface area is 120 Å². The molecular formula is C12H10Cl2N4O. The minimum atomic E-state index is -0.408. The Hall–Kier alpha value is -1.72. The van der Waals surface area contributed by atoms with Gasteiger partial charge < -0.3 is 5.32 Å². The second-order valence-electron chi connectivity index (χ2n) is 3.80. The minimum Gasteiger partial charge on any atom is -0.345 e. The van der Waals surface area contributed by atoms with Gasteiger partial charge >= 0.3 is 0 Å². The molecule has 0 aliphatic carbocycles. The van der Waals surface area contributed by atoms with Crippen LogP contribution >= 0.6 is 23.2 Å². The van der Waals surface area contributed by atoms with E-state index in [1.165, 1.54) is 12.1 Å². The average molecular weight is 297 g/mol. The quantitative estimate of drug-likeness (QED) is 0.883. The largest absolute Gasteiger partial charge is 0.345 e. The molecule has 0 aromatic carbocycles. The molecule has 2 heterocycles. The normalized spacial score (nSPS) is 10.3. The van der Waals surface area contributed by atoms with E-state index in [-0.39, 0.29) is 22.4 Å². The highest BCUT2D eigenvalue weighted by atomic mass is 35.5. The first-order valence-corrected chi connectivity index (χ1v) is 6.19. The zero-order chi connectivity index (χ0) is 13.8. The number of hydrogen-bond donors (Lipinski definition) is 1. The summed E-state index contributed by atoms with van der Waals surface area (Å²) in [7, 11) is 0. The van der Waals surface area contributed by atoms with Crippen molar-refractivity contribution < 1.29 is 4.79 Å². The van der Waals surface area contributed by atoms with Crippen molar-refractivity contribution in [3.05, 3.63) is 51.8 Å². The van der Waals surface area contributed by atoms with Crippen LogP contribution in [0.3, 0.4) is 0 Å². The Morgan fingerprint density at radius 2 is 2.05 bits per heavy atom. The predicted molar refractivity (Wildman–Crippen MR) is 72.2 cm³/mol. The summed E-state index contributed by atoms with van der Waals surface area (Å²) in [6.45, 7) is 2.08. The molecule has 0 unspecified atom stereocenters. The Balaban J connectivity index is 2.05. The first-order chi connectivity index (χ1) is 9.06.